The Morgan fingerprint density at radius 1 is 1.35 bits per heavy atom. The molecule has 0 saturated heterocycles. The van der Waals surface area contributed by atoms with Crippen molar-refractivity contribution in [2.24, 2.45) is 13.0 Å². The van der Waals surface area contributed by atoms with Gasteiger partial charge in [-0.3, -0.25) is 9.48 Å². The van der Waals surface area contributed by atoms with Crippen LogP contribution >= 0.6 is 0 Å². The lowest BCUT2D eigenvalue weighted by molar-refractivity contribution is -0.141. The van der Waals surface area contributed by atoms with Crippen LogP contribution in [0.25, 0.3) is 0 Å². The summed E-state index contributed by atoms with van der Waals surface area (Å²) in [5, 5.41) is 15.8. The first-order valence-corrected chi connectivity index (χ1v) is 8.38. The summed E-state index contributed by atoms with van der Waals surface area (Å²) in [5.41, 5.74) is -0.223. The van der Waals surface area contributed by atoms with Gasteiger partial charge in [0, 0.05) is 19.2 Å². The molecule has 2 N–H and O–H groups in total. The second kappa shape index (κ2) is 7.11. The van der Waals surface area contributed by atoms with Gasteiger partial charge in [-0.2, -0.15) is 18.3 Å². The second-order valence-electron chi connectivity index (χ2n) is 6.69. The molecule has 1 fully saturated rings. The number of carbonyl (C=O) groups excluding carboxylic acids is 1. The fourth-order valence-electron chi connectivity index (χ4n) is 3.22. The molecule has 0 aliphatic heterocycles. The fourth-order valence-corrected chi connectivity index (χ4v) is 3.22. The Kier molecular flexibility index (Phi) is 5.04. The number of hydrogen-bond acceptors (Lipinski definition) is 3. The number of nitrogens with one attached hydrogen (secondary N) is 1. The number of halogens is 3. The van der Waals surface area contributed by atoms with Crippen LogP contribution in [0.4, 0.5) is 13.2 Å². The molecule has 1 aliphatic carbocycles. The number of aliphatic hydroxyl groups is 1. The third-order valence-electron chi connectivity index (χ3n) is 4.74. The maximum atomic E-state index is 12.8. The van der Waals surface area contributed by atoms with Crippen molar-refractivity contribution in [1.29, 1.82) is 0 Å². The molecule has 5 nitrogen and oxygen atoms in total. The van der Waals surface area contributed by atoms with E-state index in [4.69, 9.17) is 0 Å². The molecule has 1 aliphatic rings. The molecule has 26 heavy (non-hydrogen) atoms. The number of aliphatic hydroxyl groups excluding tert-OH is 1. The summed E-state index contributed by atoms with van der Waals surface area (Å²) in [6, 6.07) is 10.0. The largest absolute Gasteiger partial charge is 0.435 e. The van der Waals surface area contributed by atoms with E-state index in [-0.39, 0.29) is 23.8 Å². The lowest BCUT2D eigenvalue weighted by Gasteiger charge is -2.38. The van der Waals surface area contributed by atoms with E-state index >= 15 is 0 Å². The topological polar surface area (TPSA) is 67.2 Å². The molecule has 8 heteroatoms. The number of amides is 1. The highest BCUT2D eigenvalue weighted by molar-refractivity contribution is 5.93. The van der Waals surface area contributed by atoms with Crippen molar-refractivity contribution in [3.63, 3.8) is 0 Å². The summed E-state index contributed by atoms with van der Waals surface area (Å²) in [6.07, 6.45) is -3.30. The van der Waals surface area contributed by atoms with Gasteiger partial charge in [0.2, 0.25) is 0 Å². The first-order valence-electron chi connectivity index (χ1n) is 8.38. The Bertz CT molecular complexity index is 768. The number of rotatable bonds is 5. The highest BCUT2D eigenvalue weighted by atomic mass is 19.4. The van der Waals surface area contributed by atoms with E-state index < -0.39 is 17.8 Å². The average Bonchev–Trinajstić information content (AvgIpc) is 2.94. The molecule has 1 aromatic heterocycles. The number of aromatic nitrogens is 2. The third-order valence-corrected chi connectivity index (χ3v) is 4.74. The van der Waals surface area contributed by atoms with Crippen molar-refractivity contribution in [1.82, 2.24) is 15.1 Å². The minimum absolute atomic E-state index is 0.0875. The zero-order chi connectivity index (χ0) is 18.9. The Morgan fingerprint density at radius 3 is 2.54 bits per heavy atom. The lowest BCUT2D eigenvalue weighted by Crippen LogP contribution is -2.48. The Labute approximate surface area is 148 Å². The summed E-state index contributed by atoms with van der Waals surface area (Å²) in [7, 11) is 1.31. The van der Waals surface area contributed by atoms with Crippen LogP contribution in [0, 0.1) is 5.92 Å². The molecule has 140 valence electrons. The van der Waals surface area contributed by atoms with Gasteiger partial charge in [0.1, 0.15) is 5.69 Å². The van der Waals surface area contributed by atoms with Gasteiger partial charge in [0.15, 0.2) is 5.69 Å². The van der Waals surface area contributed by atoms with Crippen molar-refractivity contribution in [2.75, 3.05) is 0 Å². The van der Waals surface area contributed by atoms with Crippen molar-refractivity contribution >= 4 is 5.91 Å². The SMILES string of the molecule is Cn1nc(C(F)(F)F)cc1C(=O)NC(Cc1ccccc1)C1CC(O)C1. The molecule has 0 bridgehead atoms. The number of aryl methyl sites for hydroxylation is 1. The first kappa shape index (κ1) is 18.4. The van der Waals surface area contributed by atoms with Gasteiger partial charge in [-0.25, -0.2) is 0 Å². The van der Waals surface area contributed by atoms with Crippen molar-refractivity contribution < 1.29 is 23.1 Å². The second-order valence-corrected chi connectivity index (χ2v) is 6.69. The standard InChI is InChI=1S/C18H20F3N3O2/c1-24-15(10-16(23-24)18(19,20)21)17(26)22-14(12-8-13(25)9-12)7-11-5-3-2-4-6-11/h2-6,10,12-14,25H,7-9H2,1H3,(H,22,26). The molecule has 1 amide bonds. The smallest absolute Gasteiger partial charge is 0.393 e. The average molecular weight is 367 g/mol. The molecule has 0 radical (unpaired) electrons. The van der Waals surface area contributed by atoms with Crippen LogP contribution in [0.3, 0.4) is 0 Å². The number of nitrogens with zero attached hydrogens (tertiary/aromatic N) is 2. The molecule has 1 atom stereocenters. The van der Waals surface area contributed by atoms with Crippen LogP contribution in [0.1, 0.15) is 34.6 Å². The van der Waals surface area contributed by atoms with E-state index in [9.17, 15) is 23.1 Å². The number of alkyl halides is 3. The maximum Gasteiger partial charge on any atom is 0.435 e. The number of carbonyl (C=O) groups is 1. The summed E-state index contributed by atoms with van der Waals surface area (Å²) in [4.78, 5) is 12.5. The third kappa shape index (κ3) is 4.07. The van der Waals surface area contributed by atoms with Crippen LogP contribution in [-0.4, -0.2) is 32.9 Å². The van der Waals surface area contributed by atoms with Gasteiger partial charge in [-0.15, -0.1) is 0 Å². The van der Waals surface area contributed by atoms with Crippen LogP contribution < -0.4 is 5.32 Å². The van der Waals surface area contributed by atoms with Crippen LogP contribution in [0.5, 0.6) is 0 Å². The number of hydrogen-bond donors (Lipinski definition) is 2. The molecule has 1 heterocycles. The summed E-state index contributed by atoms with van der Waals surface area (Å²) < 4.78 is 39.3. The molecule has 1 saturated carbocycles. The van der Waals surface area contributed by atoms with E-state index in [1.54, 1.807) is 0 Å². The van der Waals surface area contributed by atoms with Crippen molar-refractivity contribution in [3.8, 4) is 0 Å². The molecular weight excluding hydrogens is 347 g/mol. The van der Waals surface area contributed by atoms with E-state index in [1.165, 1.54) is 7.05 Å². The summed E-state index contributed by atoms with van der Waals surface area (Å²) >= 11 is 0. The Hall–Kier alpha value is -2.35. The normalized spacial score (nSPS) is 21.1. The van der Waals surface area contributed by atoms with Crippen LogP contribution in [0.15, 0.2) is 36.4 Å². The van der Waals surface area contributed by atoms with Crippen LogP contribution in [-0.2, 0) is 19.6 Å². The van der Waals surface area contributed by atoms with Gasteiger partial charge >= 0.3 is 6.18 Å². The minimum atomic E-state index is -4.60. The molecule has 1 aromatic carbocycles. The fraction of sp³-hybridized carbons (Fsp3) is 0.444. The van der Waals surface area contributed by atoms with E-state index in [0.29, 0.717) is 19.3 Å². The lowest BCUT2D eigenvalue weighted by atomic mass is 9.75. The predicted octanol–water partition coefficient (Wildman–Crippen LogP) is 2.55. The van der Waals surface area contributed by atoms with Gasteiger partial charge in [-0.05, 0) is 30.7 Å². The molecule has 0 spiro atoms. The number of benzene rings is 1. The van der Waals surface area contributed by atoms with Gasteiger partial charge in [-0.1, -0.05) is 30.3 Å². The molecular formula is C18H20F3N3O2. The highest BCUT2D eigenvalue weighted by Gasteiger charge is 2.37. The predicted molar refractivity (Wildman–Crippen MR) is 88.3 cm³/mol. The van der Waals surface area contributed by atoms with Gasteiger partial charge in [0.05, 0.1) is 6.10 Å². The monoisotopic (exact) mass is 367 g/mol. The highest BCUT2D eigenvalue weighted by Crippen LogP contribution is 2.32. The van der Waals surface area contributed by atoms with E-state index in [2.05, 4.69) is 10.4 Å². The molecule has 1 unspecified atom stereocenters. The van der Waals surface area contributed by atoms with Gasteiger partial charge in [0.25, 0.3) is 5.91 Å². The Balaban J connectivity index is 1.76. The van der Waals surface area contributed by atoms with E-state index in [0.717, 1.165) is 16.3 Å². The summed E-state index contributed by atoms with van der Waals surface area (Å²) in [6.45, 7) is 0. The van der Waals surface area contributed by atoms with Crippen molar-refractivity contribution in [3.05, 3.63) is 53.3 Å². The quantitative estimate of drug-likeness (QED) is 0.854. The van der Waals surface area contributed by atoms with Crippen LogP contribution in [0.2, 0.25) is 0 Å². The summed E-state index contributed by atoms with van der Waals surface area (Å²) in [5.74, 6) is -0.512. The van der Waals surface area contributed by atoms with E-state index in [1.807, 2.05) is 30.3 Å². The molecule has 3 rings (SSSR count). The maximum absolute atomic E-state index is 12.8. The first-order chi connectivity index (χ1) is 12.2. The van der Waals surface area contributed by atoms with Gasteiger partial charge < -0.3 is 10.4 Å². The molecule has 2 aromatic rings. The Morgan fingerprint density at radius 2 is 2.00 bits per heavy atom. The minimum Gasteiger partial charge on any atom is -0.393 e. The van der Waals surface area contributed by atoms with Crippen molar-refractivity contribution in [2.45, 2.75) is 37.6 Å². The zero-order valence-electron chi connectivity index (χ0n) is 14.2. The zero-order valence-corrected chi connectivity index (χ0v) is 14.2.